The van der Waals surface area contributed by atoms with Crippen molar-refractivity contribution in [3.05, 3.63) is 40.9 Å². The molecule has 0 radical (unpaired) electrons. The Balaban J connectivity index is 2.35. The normalized spacial score (nSPS) is 27.1. The predicted molar refractivity (Wildman–Crippen MR) is 74.5 cm³/mol. The molecule has 1 atom stereocenters. The van der Waals surface area contributed by atoms with Gasteiger partial charge >= 0.3 is 0 Å². The Morgan fingerprint density at radius 2 is 1.95 bits per heavy atom. The number of rotatable bonds is 2. The van der Waals surface area contributed by atoms with Gasteiger partial charge in [0, 0.05) is 18.6 Å². The van der Waals surface area contributed by atoms with Crippen LogP contribution in [0.2, 0.25) is 0 Å². The molecule has 0 amide bonds. The van der Waals surface area contributed by atoms with E-state index in [1.165, 1.54) is 9.84 Å². The number of nitrogens with zero attached hydrogens (tertiary/aromatic N) is 1. The number of hydrogen-bond donors (Lipinski definition) is 1. The van der Waals surface area contributed by atoms with Crippen molar-refractivity contribution in [2.24, 2.45) is 0 Å². The Labute approximate surface area is 118 Å². The molecule has 0 aliphatic carbocycles. The topological polar surface area (TPSA) is 57.6 Å². The summed E-state index contributed by atoms with van der Waals surface area (Å²) in [5, 5.41) is 10.1. The number of halogens is 1. The van der Waals surface area contributed by atoms with Crippen molar-refractivity contribution >= 4 is 21.6 Å². The molecule has 0 aromatic heterocycles. The highest BCUT2D eigenvalue weighted by Crippen LogP contribution is 2.31. The first-order chi connectivity index (χ1) is 8.77. The lowest BCUT2D eigenvalue weighted by Gasteiger charge is -2.18. The third-order valence-corrected chi connectivity index (χ3v) is 5.38. The van der Waals surface area contributed by atoms with Crippen LogP contribution in [0, 0.1) is 6.92 Å². The molecule has 1 aliphatic heterocycles. The fourth-order valence-corrected chi connectivity index (χ4v) is 3.86. The van der Waals surface area contributed by atoms with E-state index in [0.29, 0.717) is 5.57 Å². The minimum Gasteiger partial charge on any atom is -0.384 e. The molecule has 1 aromatic rings. The number of benzene rings is 1. The van der Waals surface area contributed by atoms with E-state index in [0.717, 1.165) is 5.56 Å². The third-order valence-electron chi connectivity index (χ3n) is 3.31. The number of aryl methyl sites for hydroxylation is 1. The first-order valence-electron chi connectivity index (χ1n) is 5.86. The maximum atomic E-state index is 12.4. The van der Waals surface area contributed by atoms with Crippen LogP contribution in [0.3, 0.4) is 0 Å². The summed E-state index contributed by atoms with van der Waals surface area (Å²) >= 11 is 5.63. The Bertz CT molecular complexity index is 605. The molecule has 1 aromatic carbocycles. The van der Waals surface area contributed by atoms with Crippen LogP contribution in [-0.4, -0.2) is 36.5 Å². The van der Waals surface area contributed by atoms with Gasteiger partial charge in [-0.2, -0.15) is 4.31 Å². The van der Waals surface area contributed by atoms with Crippen LogP contribution in [-0.2, 0) is 10.0 Å². The standard InChI is InChI=1S/C13H16ClNO3S/c1-10-3-5-12(6-4-10)19(17,18)15-8-11(7-14)13(2,16)9-15/h3-7,16H,8-9H2,1-2H3/b11-7-/t13-/m0/s1. The molecule has 0 unspecified atom stereocenters. The van der Waals surface area contributed by atoms with Gasteiger partial charge in [-0.25, -0.2) is 8.42 Å². The lowest BCUT2D eigenvalue weighted by atomic mass is 10.0. The molecule has 0 bridgehead atoms. The van der Waals surface area contributed by atoms with Gasteiger partial charge in [0.2, 0.25) is 10.0 Å². The molecular formula is C13H16ClNO3S. The zero-order valence-corrected chi connectivity index (χ0v) is 12.4. The fraction of sp³-hybridized carbons (Fsp3) is 0.385. The molecule has 19 heavy (non-hydrogen) atoms. The SMILES string of the molecule is Cc1ccc(S(=O)(=O)N2C/C(=C/Cl)[C@@](C)(O)C2)cc1. The highest BCUT2D eigenvalue weighted by atomic mass is 35.5. The van der Waals surface area contributed by atoms with Gasteiger partial charge in [0.25, 0.3) is 0 Å². The monoisotopic (exact) mass is 301 g/mol. The van der Waals surface area contributed by atoms with E-state index in [-0.39, 0.29) is 18.0 Å². The molecule has 0 saturated carbocycles. The number of β-amino-alcohol motifs (C(OH)–C–C–N with tert-alkyl or cyclic N) is 1. The second-order valence-corrected chi connectivity index (χ2v) is 7.15. The van der Waals surface area contributed by atoms with Crippen LogP contribution < -0.4 is 0 Å². The quantitative estimate of drug-likeness (QED) is 0.907. The first-order valence-corrected chi connectivity index (χ1v) is 7.74. The van der Waals surface area contributed by atoms with Gasteiger partial charge in [-0.15, -0.1) is 0 Å². The molecular weight excluding hydrogens is 286 g/mol. The van der Waals surface area contributed by atoms with Crippen molar-refractivity contribution in [3.8, 4) is 0 Å². The summed E-state index contributed by atoms with van der Waals surface area (Å²) in [5.74, 6) is 0. The van der Waals surface area contributed by atoms with Gasteiger partial charge in [-0.05, 0) is 31.6 Å². The summed E-state index contributed by atoms with van der Waals surface area (Å²) in [4.78, 5) is 0.227. The summed E-state index contributed by atoms with van der Waals surface area (Å²) in [6.45, 7) is 3.59. The van der Waals surface area contributed by atoms with Crippen LogP contribution in [0.25, 0.3) is 0 Å². The van der Waals surface area contributed by atoms with Crippen molar-refractivity contribution in [1.82, 2.24) is 4.31 Å². The summed E-state index contributed by atoms with van der Waals surface area (Å²) in [7, 11) is -3.60. The first kappa shape index (κ1) is 14.5. The van der Waals surface area contributed by atoms with Crippen LogP contribution in [0.1, 0.15) is 12.5 Å². The average Bonchev–Trinajstić information content (AvgIpc) is 2.65. The highest BCUT2D eigenvalue weighted by molar-refractivity contribution is 7.89. The average molecular weight is 302 g/mol. The molecule has 2 rings (SSSR count). The van der Waals surface area contributed by atoms with Gasteiger partial charge in [0.15, 0.2) is 0 Å². The van der Waals surface area contributed by atoms with Crippen molar-refractivity contribution in [1.29, 1.82) is 0 Å². The fourth-order valence-electron chi connectivity index (χ4n) is 2.04. The number of hydrogen-bond acceptors (Lipinski definition) is 3. The van der Waals surface area contributed by atoms with Crippen LogP contribution in [0.4, 0.5) is 0 Å². The maximum absolute atomic E-state index is 12.4. The smallest absolute Gasteiger partial charge is 0.243 e. The second-order valence-electron chi connectivity index (χ2n) is 4.99. The van der Waals surface area contributed by atoms with E-state index in [1.807, 2.05) is 6.92 Å². The Kier molecular flexibility index (Phi) is 3.75. The van der Waals surface area contributed by atoms with Crippen LogP contribution in [0.5, 0.6) is 0 Å². The zero-order chi connectivity index (χ0) is 14.3. The Hall–Kier alpha value is -0.880. The summed E-state index contributed by atoms with van der Waals surface area (Å²) in [6, 6.07) is 6.64. The molecule has 1 aliphatic rings. The van der Waals surface area contributed by atoms with E-state index < -0.39 is 15.6 Å². The second kappa shape index (κ2) is 4.90. The summed E-state index contributed by atoms with van der Waals surface area (Å²) < 4.78 is 26.1. The van der Waals surface area contributed by atoms with E-state index in [4.69, 9.17) is 11.6 Å². The van der Waals surface area contributed by atoms with Crippen molar-refractivity contribution in [3.63, 3.8) is 0 Å². The third kappa shape index (κ3) is 2.69. The maximum Gasteiger partial charge on any atom is 0.243 e. The highest BCUT2D eigenvalue weighted by Gasteiger charge is 2.42. The number of aliphatic hydroxyl groups is 1. The van der Waals surface area contributed by atoms with E-state index in [2.05, 4.69) is 0 Å². The van der Waals surface area contributed by atoms with E-state index in [9.17, 15) is 13.5 Å². The number of sulfonamides is 1. The van der Waals surface area contributed by atoms with Crippen molar-refractivity contribution in [2.75, 3.05) is 13.1 Å². The van der Waals surface area contributed by atoms with Gasteiger partial charge in [-0.1, -0.05) is 29.3 Å². The van der Waals surface area contributed by atoms with Gasteiger partial charge in [0.1, 0.15) is 0 Å². The minimum absolute atomic E-state index is 0.0156. The lowest BCUT2D eigenvalue weighted by Crippen LogP contribution is -2.34. The molecule has 1 heterocycles. The van der Waals surface area contributed by atoms with Gasteiger partial charge < -0.3 is 5.11 Å². The van der Waals surface area contributed by atoms with Crippen molar-refractivity contribution < 1.29 is 13.5 Å². The van der Waals surface area contributed by atoms with Crippen molar-refractivity contribution in [2.45, 2.75) is 24.3 Å². The summed E-state index contributed by atoms with van der Waals surface area (Å²) in [5.41, 5.74) is 1.54. The molecule has 6 heteroatoms. The largest absolute Gasteiger partial charge is 0.384 e. The van der Waals surface area contributed by atoms with Crippen LogP contribution >= 0.6 is 11.6 Å². The molecule has 1 N–H and O–H groups in total. The van der Waals surface area contributed by atoms with E-state index >= 15 is 0 Å². The van der Waals surface area contributed by atoms with Gasteiger partial charge in [0.05, 0.1) is 10.5 Å². The van der Waals surface area contributed by atoms with Crippen LogP contribution in [0.15, 0.2) is 40.3 Å². The molecule has 0 spiro atoms. The predicted octanol–water partition coefficient (Wildman–Crippen LogP) is 1.87. The van der Waals surface area contributed by atoms with Gasteiger partial charge in [-0.3, -0.25) is 0 Å². The lowest BCUT2D eigenvalue weighted by molar-refractivity contribution is 0.109. The molecule has 1 saturated heterocycles. The molecule has 4 nitrogen and oxygen atoms in total. The van der Waals surface area contributed by atoms with E-state index in [1.54, 1.807) is 31.2 Å². The Morgan fingerprint density at radius 3 is 2.42 bits per heavy atom. The molecule has 1 fully saturated rings. The Morgan fingerprint density at radius 1 is 1.37 bits per heavy atom. The minimum atomic E-state index is -3.60. The molecule has 104 valence electrons. The summed E-state index contributed by atoms with van der Waals surface area (Å²) in [6.07, 6.45) is 0. The zero-order valence-electron chi connectivity index (χ0n) is 10.8.